The summed E-state index contributed by atoms with van der Waals surface area (Å²) in [4.78, 5) is 13.8. The number of benzene rings is 1. The highest BCUT2D eigenvalue weighted by Gasteiger charge is 2.26. The van der Waals surface area contributed by atoms with Crippen molar-refractivity contribution in [3.63, 3.8) is 0 Å². The normalized spacial score (nSPS) is 22.1. The second-order valence-electron chi connectivity index (χ2n) is 6.21. The number of carbonyl (C=O) groups is 1. The number of ether oxygens (including phenoxy) is 2. The summed E-state index contributed by atoms with van der Waals surface area (Å²) in [5.41, 5.74) is -0.176. The molecule has 24 heavy (non-hydrogen) atoms. The van der Waals surface area contributed by atoms with Gasteiger partial charge in [0.25, 0.3) is 5.91 Å². The van der Waals surface area contributed by atoms with Crippen LogP contribution in [0, 0.1) is 17.5 Å². The summed E-state index contributed by atoms with van der Waals surface area (Å²) in [6.07, 6.45) is 3.61. The predicted octanol–water partition coefficient (Wildman–Crippen LogP) is 2.90. The Bertz CT molecular complexity index is 574. The summed E-state index contributed by atoms with van der Waals surface area (Å²) in [5, 5.41) is 0. The number of halogens is 3. The van der Waals surface area contributed by atoms with E-state index >= 15 is 0 Å². The Balaban J connectivity index is 1.51. The van der Waals surface area contributed by atoms with Crippen LogP contribution in [-0.2, 0) is 9.47 Å². The fourth-order valence-electron chi connectivity index (χ4n) is 3.11. The molecule has 0 aromatic heterocycles. The van der Waals surface area contributed by atoms with Gasteiger partial charge in [0.2, 0.25) is 0 Å². The standard InChI is InChI=1S/C17H20F3NO3/c18-14-8-11(9-15(19)16(14)20)17(22)21-5-3-12(4-6-21)24-10-13-2-1-7-23-13/h8-9,12-13H,1-7,10H2. The zero-order valence-electron chi connectivity index (χ0n) is 13.3. The zero-order valence-corrected chi connectivity index (χ0v) is 13.3. The Morgan fingerprint density at radius 1 is 1.17 bits per heavy atom. The van der Waals surface area contributed by atoms with Crippen molar-refractivity contribution in [1.82, 2.24) is 4.90 Å². The molecule has 2 aliphatic rings. The van der Waals surface area contributed by atoms with Crippen LogP contribution in [0.25, 0.3) is 0 Å². The summed E-state index contributed by atoms with van der Waals surface area (Å²) in [6.45, 7) is 2.23. The predicted molar refractivity (Wildman–Crippen MR) is 80.2 cm³/mol. The largest absolute Gasteiger partial charge is 0.376 e. The molecule has 0 aliphatic carbocycles. The van der Waals surface area contributed by atoms with Gasteiger partial charge in [-0.05, 0) is 37.8 Å². The average Bonchev–Trinajstić information content (AvgIpc) is 3.11. The number of piperidine rings is 1. The lowest BCUT2D eigenvalue weighted by Crippen LogP contribution is -2.41. The van der Waals surface area contributed by atoms with Gasteiger partial charge in [-0.2, -0.15) is 0 Å². The highest BCUT2D eigenvalue weighted by Crippen LogP contribution is 2.20. The fourth-order valence-corrected chi connectivity index (χ4v) is 3.11. The van der Waals surface area contributed by atoms with E-state index in [0.29, 0.717) is 32.5 Å². The summed E-state index contributed by atoms with van der Waals surface area (Å²) in [6, 6.07) is 1.47. The first-order chi connectivity index (χ1) is 11.5. The van der Waals surface area contributed by atoms with Crippen LogP contribution >= 0.6 is 0 Å². The molecule has 1 unspecified atom stereocenters. The molecule has 0 N–H and O–H groups in total. The van der Waals surface area contributed by atoms with Gasteiger partial charge >= 0.3 is 0 Å². The second kappa shape index (κ2) is 7.53. The second-order valence-corrected chi connectivity index (χ2v) is 6.21. The van der Waals surface area contributed by atoms with Crippen LogP contribution in [0.3, 0.4) is 0 Å². The first-order valence-corrected chi connectivity index (χ1v) is 8.21. The van der Waals surface area contributed by atoms with E-state index in [9.17, 15) is 18.0 Å². The molecule has 2 saturated heterocycles. The number of hydrogen-bond donors (Lipinski definition) is 0. The Hall–Kier alpha value is -1.60. The van der Waals surface area contributed by atoms with Crippen molar-refractivity contribution in [3.8, 4) is 0 Å². The molecule has 2 fully saturated rings. The van der Waals surface area contributed by atoms with Crippen molar-refractivity contribution in [3.05, 3.63) is 35.1 Å². The van der Waals surface area contributed by atoms with Gasteiger partial charge < -0.3 is 14.4 Å². The molecular weight excluding hydrogens is 323 g/mol. The minimum absolute atomic E-state index is 0.0555. The molecule has 1 atom stereocenters. The van der Waals surface area contributed by atoms with Crippen molar-refractivity contribution in [2.75, 3.05) is 26.3 Å². The van der Waals surface area contributed by atoms with Gasteiger partial charge in [0.15, 0.2) is 17.5 Å². The smallest absolute Gasteiger partial charge is 0.254 e. The third-order valence-corrected chi connectivity index (χ3v) is 4.50. The minimum Gasteiger partial charge on any atom is -0.376 e. The highest BCUT2D eigenvalue weighted by molar-refractivity contribution is 5.94. The maximum Gasteiger partial charge on any atom is 0.254 e. The SMILES string of the molecule is O=C(c1cc(F)c(F)c(F)c1)N1CCC(OCC2CCCO2)CC1. The molecule has 7 heteroatoms. The van der Waals surface area contributed by atoms with Crippen molar-refractivity contribution < 1.29 is 27.4 Å². The quantitative estimate of drug-likeness (QED) is 0.789. The molecule has 0 bridgehead atoms. The van der Waals surface area contributed by atoms with Crippen LogP contribution in [0.5, 0.6) is 0 Å². The number of rotatable bonds is 4. The van der Waals surface area contributed by atoms with Crippen LogP contribution in [0.4, 0.5) is 13.2 Å². The molecule has 2 heterocycles. The van der Waals surface area contributed by atoms with Crippen molar-refractivity contribution in [1.29, 1.82) is 0 Å². The fraction of sp³-hybridized carbons (Fsp3) is 0.588. The molecule has 0 saturated carbocycles. The van der Waals surface area contributed by atoms with E-state index in [1.54, 1.807) is 0 Å². The van der Waals surface area contributed by atoms with Gasteiger partial charge in [-0.3, -0.25) is 4.79 Å². The zero-order chi connectivity index (χ0) is 17.1. The van der Waals surface area contributed by atoms with Gasteiger partial charge in [-0.1, -0.05) is 0 Å². The molecule has 3 rings (SSSR count). The first-order valence-electron chi connectivity index (χ1n) is 8.21. The van der Waals surface area contributed by atoms with Gasteiger partial charge in [-0.15, -0.1) is 0 Å². The Morgan fingerprint density at radius 2 is 1.83 bits per heavy atom. The van der Waals surface area contributed by atoms with Gasteiger partial charge in [0, 0.05) is 25.3 Å². The number of likely N-dealkylation sites (tertiary alicyclic amines) is 1. The Kier molecular flexibility index (Phi) is 5.40. The molecule has 1 amide bonds. The summed E-state index contributed by atoms with van der Waals surface area (Å²) < 4.78 is 50.8. The number of nitrogens with zero attached hydrogens (tertiary/aromatic N) is 1. The average molecular weight is 343 g/mol. The lowest BCUT2D eigenvalue weighted by Gasteiger charge is -2.32. The molecule has 0 radical (unpaired) electrons. The Morgan fingerprint density at radius 3 is 2.42 bits per heavy atom. The number of hydrogen-bond acceptors (Lipinski definition) is 3. The number of amides is 1. The van der Waals surface area contributed by atoms with Crippen LogP contribution in [0.15, 0.2) is 12.1 Å². The van der Waals surface area contributed by atoms with Gasteiger partial charge in [0.05, 0.1) is 18.8 Å². The lowest BCUT2D eigenvalue weighted by atomic mass is 10.1. The van der Waals surface area contributed by atoms with Crippen LogP contribution in [0.2, 0.25) is 0 Å². The van der Waals surface area contributed by atoms with E-state index in [2.05, 4.69) is 0 Å². The Labute approximate surface area is 138 Å². The summed E-state index contributed by atoms with van der Waals surface area (Å²) in [5.74, 6) is -4.76. The third kappa shape index (κ3) is 3.89. The summed E-state index contributed by atoms with van der Waals surface area (Å²) in [7, 11) is 0. The molecule has 4 nitrogen and oxygen atoms in total. The van der Waals surface area contributed by atoms with Gasteiger partial charge in [0.1, 0.15) is 0 Å². The van der Waals surface area contributed by atoms with Crippen molar-refractivity contribution in [2.45, 2.75) is 37.9 Å². The lowest BCUT2D eigenvalue weighted by molar-refractivity contribution is -0.0395. The molecule has 1 aromatic rings. The topological polar surface area (TPSA) is 38.8 Å². The van der Waals surface area contributed by atoms with E-state index in [4.69, 9.17) is 9.47 Å². The van der Waals surface area contributed by atoms with Crippen LogP contribution in [0.1, 0.15) is 36.0 Å². The molecule has 132 valence electrons. The van der Waals surface area contributed by atoms with E-state index in [0.717, 1.165) is 31.6 Å². The van der Waals surface area contributed by atoms with E-state index < -0.39 is 23.4 Å². The van der Waals surface area contributed by atoms with Crippen LogP contribution in [-0.4, -0.2) is 49.3 Å². The van der Waals surface area contributed by atoms with E-state index in [1.165, 1.54) is 4.90 Å². The number of carbonyl (C=O) groups excluding carboxylic acids is 1. The molecular formula is C17H20F3NO3. The first kappa shape index (κ1) is 17.2. The molecule has 0 spiro atoms. The highest BCUT2D eigenvalue weighted by atomic mass is 19.2. The minimum atomic E-state index is -1.56. The van der Waals surface area contributed by atoms with Gasteiger partial charge in [-0.25, -0.2) is 13.2 Å². The molecule has 2 aliphatic heterocycles. The van der Waals surface area contributed by atoms with E-state index in [1.807, 2.05) is 0 Å². The van der Waals surface area contributed by atoms with Crippen LogP contribution < -0.4 is 0 Å². The van der Waals surface area contributed by atoms with E-state index in [-0.39, 0.29) is 17.8 Å². The monoisotopic (exact) mass is 343 g/mol. The maximum atomic E-state index is 13.3. The summed E-state index contributed by atoms with van der Waals surface area (Å²) >= 11 is 0. The van der Waals surface area contributed by atoms with Crippen molar-refractivity contribution >= 4 is 5.91 Å². The van der Waals surface area contributed by atoms with Crippen molar-refractivity contribution in [2.24, 2.45) is 0 Å². The maximum absolute atomic E-state index is 13.3. The molecule has 1 aromatic carbocycles. The third-order valence-electron chi connectivity index (χ3n) is 4.50.